The summed E-state index contributed by atoms with van der Waals surface area (Å²) < 4.78 is 38.7. The first kappa shape index (κ1) is 24.2. The number of amidine groups is 1. The number of carbonyl (C=O) groups is 1. The van der Waals surface area contributed by atoms with Crippen LogP contribution >= 0.6 is 0 Å². The quantitative estimate of drug-likeness (QED) is 0.311. The van der Waals surface area contributed by atoms with Gasteiger partial charge < -0.3 is 25.9 Å². The second-order valence-corrected chi connectivity index (χ2v) is 8.22. The number of aliphatic imine (C=N–C) groups is 1. The molecule has 2 aromatic heterocycles. The number of pyridine rings is 2. The van der Waals surface area contributed by atoms with E-state index in [1.807, 2.05) is 10.2 Å². The number of fused-ring (bicyclic) bond motifs is 4. The normalized spacial score (nSPS) is 18.1. The van der Waals surface area contributed by atoms with Crippen molar-refractivity contribution in [1.82, 2.24) is 20.7 Å². The van der Waals surface area contributed by atoms with E-state index in [0.29, 0.717) is 29.7 Å². The highest BCUT2D eigenvalue weighted by molar-refractivity contribution is 6.01. The number of carbonyl (C=O) groups excluding carboxylic acids is 1. The molecular weight excluding hydrogens is 463 g/mol. The second kappa shape index (κ2) is 9.76. The molecule has 0 aromatic carbocycles. The fraction of sp³-hybridized carbons (Fsp3) is 0.409. The Morgan fingerprint density at radius 3 is 2.86 bits per heavy atom. The van der Waals surface area contributed by atoms with Crippen LogP contribution in [0.25, 0.3) is 0 Å². The van der Waals surface area contributed by atoms with Crippen LogP contribution in [0.2, 0.25) is 0 Å². The first-order chi connectivity index (χ1) is 16.7. The number of nitrogens with one attached hydrogen (secondary N) is 3. The summed E-state index contributed by atoms with van der Waals surface area (Å²) in [4.78, 5) is 29.4. The van der Waals surface area contributed by atoms with Gasteiger partial charge in [-0.1, -0.05) is 0 Å². The van der Waals surface area contributed by atoms with E-state index in [9.17, 15) is 18.0 Å². The number of halogens is 3. The Morgan fingerprint density at radius 2 is 2.14 bits per heavy atom. The van der Waals surface area contributed by atoms with Crippen molar-refractivity contribution < 1.29 is 18.0 Å². The largest absolute Gasteiger partial charge is 0.408 e. The summed E-state index contributed by atoms with van der Waals surface area (Å²) in [6.45, 7) is 6.38. The summed E-state index contributed by atoms with van der Waals surface area (Å²) in [5.74, 6) is 0.656. The number of hydrogen-bond donors (Lipinski definition) is 3. The lowest BCUT2D eigenvalue weighted by atomic mass is 10.1. The predicted molar refractivity (Wildman–Crippen MR) is 128 cm³/mol. The fourth-order valence-corrected chi connectivity index (χ4v) is 4.10. The van der Waals surface area contributed by atoms with Crippen LogP contribution in [-0.2, 0) is 0 Å². The average molecular weight is 490 g/mol. The Labute approximate surface area is 200 Å². The van der Waals surface area contributed by atoms with Gasteiger partial charge in [-0.25, -0.2) is 15.0 Å². The lowest BCUT2D eigenvalue weighted by Crippen LogP contribution is -2.46. The van der Waals surface area contributed by atoms with Crippen molar-refractivity contribution in [3.05, 3.63) is 41.7 Å². The minimum atomic E-state index is -4.54. The maximum atomic E-state index is 12.9. The molecule has 2 bridgehead atoms. The van der Waals surface area contributed by atoms with Crippen molar-refractivity contribution in [2.24, 2.45) is 10.1 Å². The molecule has 0 radical (unpaired) electrons. The van der Waals surface area contributed by atoms with Gasteiger partial charge in [-0.3, -0.25) is 4.79 Å². The molecule has 186 valence electrons. The van der Waals surface area contributed by atoms with E-state index in [1.54, 1.807) is 31.4 Å². The molecule has 0 spiro atoms. The molecule has 1 amide bonds. The van der Waals surface area contributed by atoms with Gasteiger partial charge in [0, 0.05) is 31.9 Å². The Balaban J connectivity index is 1.56. The molecule has 4 rings (SSSR count). The fourth-order valence-electron chi connectivity index (χ4n) is 4.10. The van der Waals surface area contributed by atoms with Gasteiger partial charge in [0.1, 0.15) is 17.6 Å². The summed E-state index contributed by atoms with van der Waals surface area (Å²) in [6.07, 6.45) is -2.03. The monoisotopic (exact) mass is 489 g/mol. The second-order valence-electron chi connectivity index (χ2n) is 8.22. The molecule has 10 nitrogen and oxygen atoms in total. The van der Waals surface area contributed by atoms with Crippen molar-refractivity contribution in [2.45, 2.75) is 31.6 Å². The summed E-state index contributed by atoms with van der Waals surface area (Å²) >= 11 is 0. The third-order valence-corrected chi connectivity index (χ3v) is 5.96. The predicted octanol–water partition coefficient (Wildman–Crippen LogP) is 2.21. The van der Waals surface area contributed by atoms with Crippen LogP contribution in [0.3, 0.4) is 0 Å². The van der Waals surface area contributed by atoms with Gasteiger partial charge in [0.15, 0.2) is 11.7 Å². The van der Waals surface area contributed by atoms with Gasteiger partial charge in [0.25, 0.3) is 5.91 Å². The molecule has 2 aliphatic heterocycles. The maximum Gasteiger partial charge on any atom is 0.408 e. The van der Waals surface area contributed by atoms with Gasteiger partial charge in [-0.05, 0) is 44.3 Å². The number of rotatable bonds is 7. The highest BCUT2D eigenvalue weighted by Gasteiger charge is 2.39. The number of nitrogens with zero attached hydrogens (tertiary/aromatic N) is 6. The molecule has 13 heteroatoms. The van der Waals surface area contributed by atoms with Gasteiger partial charge in [-0.2, -0.15) is 18.3 Å². The highest BCUT2D eigenvalue weighted by atomic mass is 19.4. The first-order valence-electron chi connectivity index (χ1n) is 11.0. The van der Waals surface area contributed by atoms with E-state index < -0.39 is 18.1 Å². The number of hydrazone groups is 1. The minimum Gasteiger partial charge on any atom is -0.366 e. The third-order valence-electron chi connectivity index (χ3n) is 5.96. The molecule has 3 N–H and O–H groups in total. The van der Waals surface area contributed by atoms with Gasteiger partial charge >= 0.3 is 6.18 Å². The number of aromatic nitrogens is 2. The molecule has 0 aliphatic carbocycles. The van der Waals surface area contributed by atoms with Gasteiger partial charge in [-0.15, -0.1) is 0 Å². The van der Waals surface area contributed by atoms with E-state index in [2.05, 4.69) is 42.4 Å². The van der Waals surface area contributed by atoms with Crippen LogP contribution in [0.1, 0.15) is 29.4 Å². The smallest absolute Gasteiger partial charge is 0.366 e. The summed E-state index contributed by atoms with van der Waals surface area (Å²) in [6, 6.07) is 4.89. The van der Waals surface area contributed by atoms with Crippen molar-refractivity contribution in [3.8, 4) is 0 Å². The molecule has 2 aromatic rings. The van der Waals surface area contributed by atoms with Gasteiger partial charge in [0.05, 0.1) is 18.4 Å². The lowest BCUT2D eigenvalue weighted by molar-refractivity contribution is -0.149. The van der Waals surface area contributed by atoms with Crippen LogP contribution in [0.15, 0.2) is 40.6 Å². The van der Waals surface area contributed by atoms with E-state index in [4.69, 9.17) is 0 Å². The molecular formula is C22H26F3N9O. The Bertz CT molecular complexity index is 1140. The molecule has 2 atom stereocenters. The first-order valence-corrected chi connectivity index (χ1v) is 11.0. The number of anilines is 3. The lowest BCUT2D eigenvalue weighted by Gasteiger charge is -2.37. The molecule has 35 heavy (non-hydrogen) atoms. The van der Waals surface area contributed by atoms with Crippen LogP contribution in [0.5, 0.6) is 0 Å². The molecule has 2 aliphatic rings. The zero-order chi connectivity index (χ0) is 25.2. The number of hydrogen-bond acceptors (Lipinski definition) is 8. The molecule has 0 saturated carbocycles. The van der Waals surface area contributed by atoms with Crippen molar-refractivity contribution in [1.29, 1.82) is 0 Å². The Hall–Kier alpha value is -3.90. The van der Waals surface area contributed by atoms with Crippen LogP contribution in [-0.4, -0.2) is 73.5 Å². The molecule has 1 fully saturated rings. The van der Waals surface area contributed by atoms with Crippen LogP contribution in [0, 0.1) is 0 Å². The van der Waals surface area contributed by atoms with Crippen molar-refractivity contribution >= 4 is 35.8 Å². The van der Waals surface area contributed by atoms with E-state index in [0.717, 1.165) is 32.1 Å². The Kier molecular flexibility index (Phi) is 6.76. The molecule has 0 unspecified atom stereocenters. The summed E-state index contributed by atoms with van der Waals surface area (Å²) in [7, 11) is 1.66. The zero-order valence-electron chi connectivity index (χ0n) is 19.3. The zero-order valence-corrected chi connectivity index (χ0v) is 19.3. The third kappa shape index (κ3) is 5.12. The average Bonchev–Trinajstić information content (AvgIpc) is 3.26. The van der Waals surface area contributed by atoms with Gasteiger partial charge in [0.2, 0.25) is 0 Å². The van der Waals surface area contributed by atoms with Crippen molar-refractivity contribution in [3.63, 3.8) is 0 Å². The Morgan fingerprint density at radius 1 is 1.34 bits per heavy atom. The van der Waals surface area contributed by atoms with Crippen LogP contribution in [0.4, 0.5) is 30.5 Å². The topological polar surface area (TPSA) is 110 Å². The number of amides is 1. The van der Waals surface area contributed by atoms with E-state index in [-0.39, 0.29) is 11.7 Å². The molecule has 1 saturated heterocycles. The minimum absolute atomic E-state index is 0.0718. The highest BCUT2D eigenvalue weighted by Crippen LogP contribution is 2.38. The number of alkyl halides is 3. The van der Waals surface area contributed by atoms with E-state index in [1.165, 1.54) is 6.07 Å². The van der Waals surface area contributed by atoms with Crippen LogP contribution < -0.4 is 25.9 Å². The summed E-state index contributed by atoms with van der Waals surface area (Å²) in [5.41, 5.74) is 4.16. The standard InChI is InChI=1S/C22H26F3N9O/c1-13(22(23,24)25)30-21(35)16-4-5-17-20(31-16)34(15-7-9-33(17)11-15)12-29-18-10-14(6-8-28-18)19(26-2)32-27-3/h4-6,8,10,13,15,27H,2,7,9,11-12H2,1,3H3,(H,28,29)(H,30,35)/b32-19-/t13-,15+/m1/s1. The molecule has 4 heterocycles. The van der Waals surface area contributed by atoms with E-state index >= 15 is 0 Å². The summed E-state index contributed by atoms with van der Waals surface area (Å²) in [5, 5.41) is 9.32. The maximum absolute atomic E-state index is 12.9. The SMILES string of the molecule is C=N/C(=N\NC)c1ccnc(NCN2c3nc(C(=O)N[C@H](C)C(F)(F)F)ccc3N3CC[C@H]2C3)c1. The van der Waals surface area contributed by atoms with Crippen molar-refractivity contribution in [2.75, 3.05) is 41.9 Å².